The fraction of sp³-hybridized carbons (Fsp3) is 0.364. The summed E-state index contributed by atoms with van der Waals surface area (Å²) in [5.41, 5.74) is 2.09. The highest BCUT2D eigenvalue weighted by Gasteiger charge is 2.31. The van der Waals surface area contributed by atoms with Crippen molar-refractivity contribution in [3.05, 3.63) is 108 Å². The van der Waals surface area contributed by atoms with Crippen LogP contribution in [0.3, 0.4) is 0 Å². The molecule has 2 aliphatic heterocycles. The SMILES string of the molecule is CCOC(=O)c1c(N2CCN(C(=O)c3ccc(OC)cc3)CC2)c2cc(Cl)ccc2n(C)c1=O.CCOC(=O)c1c(N2CCN(C(C)=O)CC2)c2cc(Cl)ccc2n(C)c1=O. The van der Waals surface area contributed by atoms with Gasteiger partial charge in [0.1, 0.15) is 16.9 Å². The van der Waals surface area contributed by atoms with Crippen molar-refractivity contribution in [3.63, 3.8) is 0 Å². The van der Waals surface area contributed by atoms with Gasteiger partial charge in [-0.05, 0) is 74.5 Å². The van der Waals surface area contributed by atoms with E-state index in [-0.39, 0.29) is 36.2 Å². The number of benzene rings is 3. The number of hydrogen-bond donors (Lipinski definition) is 0. The lowest BCUT2D eigenvalue weighted by Gasteiger charge is -2.37. The van der Waals surface area contributed by atoms with Gasteiger partial charge in [-0.15, -0.1) is 0 Å². The number of carbonyl (C=O) groups is 4. The Balaban J connectivity index is 0.000000210. The highest BCUT2D eigenvalue weighted by Crippen LogP contribution is 2.34. The molecule has 0 aliphatic carbocycles. The number of pyridine rings is 2. The number of piperazine rings is 2. The fourth-order valence-corrected chi connectivity index (χ4v) is 8.08. The van der Waals surface area contributed by atoms with Crippen LogP contribution in [0.2, 0.25) is 10.0 Å². The average molecular weight is 876 g/mol. The van der Waals surface area contributed by atoms with Crippen LogP contribution in [0.25, 0.3) is 21.8 Å². The number of anilines is 2. The molecule has 17 heteroatoms. The van der Waals surface area contributed by atoms with E-state index in [4.69, 9.17) is 37.4 Å². The first-order valence-corrected chi connectivity index (χ1v) is 20.6. The number of fused-ring (bicyclic) bond motifs is 2. The maximum atomic E-state index is 13.2. The van der Waals surface area contributed by atoms with Crippen molar-refractivity contribution < 1.29 is 33.4 Å². The molecule has 0 atom stereocenters. The number of amides is 2. The summed E-state index contributed by atoms with van der Waals surface area (Å²) in [5, 5.41) is 2.41. The Morgan fingerprint density at radius 1 is 0.607 bits per heavy atom. The summed E-state index contributed by atoms with van der Waals surface area (Å²) in [4.78, 5) is 83.7. The largest absolute Gasteiger partial charge is 0.497 e. The van der Waals surface area contributed by atoms with Crippen LogP contribution < -0.4 is 25.7 Å². The Bertz CT molecular complexity index is 2610. The molecule has 2 fully saturated rings. The number of hydrogen-bond acceptors (Lipinski definition) is 11. The molecule has 61 heavy (non-hydrogen) atoms. The lowest BCUT2D eigenvalue weighted by Crippen LogP contribution is -2.49. The van der Waals surface area contributed by atoms with E-state index in [0.717, 1.165) is 0 Å². The highest BCUT2D eigenvalue weighted by atomic mass is 35.5. The summed E-state index contributed by atoms with van der Waals surface area (Å²) < 4.78 is 18.4. The average Bonchev–Trinajstić information content (AvgIpc) is 3.26. The Hall–Kier alpha value is -6.06. The van der Waals surface area contributed by atoms with Crippen molar-refractivity contribution in [2.75, 3.05) is 82.5 Å². The number of carbonyl (C=O) groups excluding carboxylic acids is 4. The maximum absolute atomic E-state index is 13.2. The van der Waals surface area contributed by atoms with Crippen LogP contribution in [0.15, 0.2) is 70.3 Å². The third-order valence-corrected chi connectivity index (χ3v) is 11.4. The molecule has 0 N–H and O–H groups in total. The zero-order valence-electron chi connectivity index (χ0n) is 35.0. The molecule has 3 aromatic carbocycles. The lowest BCUT2D eigenvalue weighted by atomic mass is 10.1. The molecule has 0 spiro atoms. The fourth-order valence-electron chi connectivity index (χ4n) is 7.73. The number of rotatable bonds is 8. The van der Waals surface area contributed by atoms with Gasteiger partial charge in [0, 0.05) is 99.8 Å². The summed E-state index contributed by atoms with van der Waals surface area (Å²) in [7, 11) is 4.82. The molecule has 4 heterocycles. The molecular formula is C44H48Cl2N6O9. The Labute approximate surface area is 362 Å². The summed E-state index contributed by atoms with van der Waals surface area (Å²) >= 11 is 12.5. The monoisotopic (exact) mass is 874 g/mol. The predicted molar refractivity (Wildman–Crippen MR) is 236 cm³/mol. The van der Waals surface area contributed by atoms with E-state index < -0.39 is 23.1 Å². The van der Waals surface area contributed by atoms with Gasteiger partial charge in [-0.25, -0.2) is 9.59 Å². The summed E-state index contributed by atoms with van der Waals surface area (Å²) in [6.07, 6.45) is 0. The van der Waals surface area contributed by atoms with E-state index in [9.17, 15) is 28.8 Å². The van der Waals surface area contributed by atoms with Gasteiger partial charge in [0.15, 0.2) is 0 Å². The van der Waals surface area contributed by atoms with Crippen LogP contribution in [0.4, 0.5) is 11.4 Å². The Morgan fingerprint density at radius 3 is 1.39 bits per heavy atom. The third kappa shape index (κ3) is 9.17. The smallest absolute Gasteiger partial charge is 0.345 e. The number of nitrogens with zero attached hydrogens (tertiary/aromatic N) is 6. The van der Waals surface area contributed by atoms with Crippen LogP contribution in [0.5, 0.6) is 5.75 Å². The second-order valence-electron chi connectivity index (χ2n) is 14.4. The van der Waals surface area contributed by atoms with Gasteiger partial charge >= 0.3 is 11.9 Å². The minimum absolute atomic E-state index is 0.00499. The van der Waals surface area contributed by atoms with Gasteiger partial charge in [-0.2, -0.15) is 0 Å². The highest BCUT2D eigenvalue weighted by molar-refractivity contribution is 6.32. The molecule has 322 valence electrons. The Morgan fingerprint density at radius 2 is 1.02 bits per heavy atom. The molecule has 15 nitrogen and oxygen atoms in total. The van der Waals surface area contributed by atoms with E-state index in [1.807, 2.05) is 9.80 Å². The number of aromatic nitrogens is 2. The van der Waals surface area contributed by atoms with Crippen LogP contribution >= 0.6 is 23.2 Å². The number of halogens is 2. The van der Waals surface area contributed by atoms with Crippen LogP contribution in [-0.4, -0.2) is 115 Å². The minimum atomic E-state index is -0.670. The van der Waals surface area contributed by atoms with Gasteiger partial charge in [-0.3, -0.25) is 19.2 Å². The molecule has 2 amide bonds. The van der Waals surface area contributed by atoms with Crippen LogP contribution in [-0.2, 0) is 28.4 Å². The molecule has 0 bridgehead atoms. The van der Waals surface area contributed by atoms with E-state index in [1.165, 1.54) is 16.1 Å². The van der Waals surface area contributed by atoms with E-state index in [2.05, 4.69) is 0 Å². The molecule has 2 aromatic heterocycles. The first-order chi connectivity index (χ1) is 29.2. The first kappa shape index (κ1) is 44.5. The van der Waals surface area contributed by atoms with Crippen LogP contribution in [0.1, 0.15) is 51.8 Å². The molecule has 5 aromatic rings. The molecule has 2 aliphatic rings. The summed E-state index contributed by atoms with van der Waals surface area (Å²) in [5.74, 6) is -0.702. The van der Waals surface area contributed by atoms with Crippen molar-refractivity contribution in [1.82, 2.24) is 18.9 Å². The maximum Gasteiger partial charge on any atom is 0.345 e. The predicted octanol–water partition coefficient (Wildman–Crippen LogP) is 5.38. The van der Waals surface area contributed by atoms with Crippen molar-refractivity contribution in [2.45, 2.75) is 20.8 Å². The molecule has 0 saturated carbocycles. The molecular weight excluding hydrogens is 827 g/mol. The number of aryl methyl sites for hydroxylation is 2. The normalized spacial score (nSPS) is 14.1. The Kier molecular flexibility index (Phi) is 13.9. The molecule has 7 rings (SSSR count). The van der Waals surface area contributed by atoms with E-state index in [1.54, 1.807) is 106 Å². The molecule has 2 saturated heterocycles. The zero-order chi connectivity index (χ0) is 44.1. The quantitative estimate of drug-likeness (QED) is 0.185. The van der Waals surface area contributed by atoms with Gasteiger partial charge in [0.25, 0.3) is 17.0 Å². The summed E-state index contributed by atoms with van der Waals surface area (Å²) in [6.45, 7) is 9.10. The van der Waals surface area contributed by atoms with Crippen molar-refractivity contribution in [1.29, 1.82) is 0 Å². The van der Waals surface area contributed by atoms with E-state index in [0.29, 0.717) is 107 Å². The van der Waals surface area contributed by atoms with Crippen molar-refractivity contribution in [3.8, 4) is 5.75 Å². The lowest BCUT2D eigenvalue weighted by molar-refractivity contribution is -0.129. The molecule has 0 unspecified atom stereocenters. The molecule has 0 radical (unpaired) electrons. The summed E-state index contributed by atoms with van der Waals surface area (Å²) in [6, 6.07) is 17.5. The second-order valence-corrected chi connectivity index (χ2v) is 15.3. The van der Waals surface area contributed by atoms with Crippen molar-refractivity contribution in [2.24, 2.45) is 14.1 Å². The third-order valence-electron chi connectivity index (χ3n) is 10.9. The van der Waals surface area contributed by atoms with Gasteiger partial charge in [0.05, 0.1) is 42.7 Å². The van der Waals surface area contributed by atoms with Gasteiger partial charge in [0.2, 0.25) is 5.91 Å². The second kappa shape index (κ2) is 19.1. The zero-order valence-corrected chi connectivity index (χ0v) is 36.5. The topological polar surface area (TPSA) is 153 Å². The number of esters is 2. The minimum Gasteiger partial charge on any atom is -0.497 e. The van der Waals surface area contributed by atoms with Gasteiger partial charge in [-0.1, -0.05) is 23.2 Å². The standard InChI is InChI=1S/C25H26ClN3O5.C19H22ClN3O4/c1-4-34-25(32)21-22(19-15-17(26)7-10-20(19)27(2)24(21)31)28-11-13-29(14-12-28)23(30)16-5-8-18(33-3)9-6-16;1-4-27-19(26)16-17(23-9-7-22(8-10-23)12(2)24)14-11-13(20)5-6-15(14)21(3)18(16)25/h5-10,15H,4,11-14H2,1-3H3;5-6,11H,4,7-10H2,1-3H3. The number of methoxy groups -OCH3 is 1. The first-order valence-electron chi connectivity index (χ1n) is 19.9. The van der Waals surface area contributed by atoms with Gasteiger partial charge < -0.3 is 42.9 Å². The van der Waals surface area contributed by atoms with Crippen molar-refractivity contribution >= 4 is 80.1 Å². The van der Waals surface area contributed by atoms with Crippen LogP contribution in [0, 0.1) is 0 Å². The number of ether oxygens (including phenoxy) is 3. The van der Waals surface area contributed by atoms with E-state index >= 15 is 0 Å².